The Morgan fingerprint density at radius 2 is 2.16 bits per heavy atom. The van der Waals surface area contributed by atoms with Crippen molar-refractivity contribution in [3.8, 4) is 0 Å². The van der Waals surface area contributed by atoms with Gasteiger partial charge < -0.3 is 5.11 Å². The number of rotatable bonds is 3. The standard InChI is InChI=1S/C12H16N4O2S/c1-7-9(10(17)18)14-15-16(7)5-8-6-19-11(13-8)12(2,3)4/h6H,5H2,1-4H3,(H,17,18). The number of hydrogen-bond donors (Lipinski definition) is 1. The van der Waals surface area contributed by atoms with Crippen LogP contribution in [0.25, 0.3) is 0 Å². The van der Waals surface area contributed by atoms with Crippen LogP contribution in [0.4, 0.5) is 0 Å². The first-order valence-electron chi connectivity index (χ1n) is 5.87. The zero-order valence-electron chi connectivity index (χ0n) is 11.3. The van der Waals surface area contributed by atoms with Gasteiger partial charge >= 0.3 is 5.97 Å². The average Bonchev–Trinajstić information content (AvgIpc) is 2.87. The lowest BCUT2D eigenvalue weighted by molar-refractivity contribution is 0.0689. The van der Waals surface area contributed by atoms with E-state index in [4.69, 9.17) is 5.11 Å². The highest BCUT2D eigenvalue weighted by Gasteiger charge is 2.19. The molecular weight excluding hydrogens is 264 g/mol. The molecule has 2 aromatic rings. The highest BCUT2D eigenvalue weighted by molar-refractivity contribution is 7.09. The summed E-state index contributed by atoms with van der Waals surface area (Å²) >= 11 is 1.61. The van der Waals surface area contributed by atoms with Crippen molar-refractivity contribution in [2.45, 2.75) is 39.7 Å². The molecule has 6 nitrogen and oxygen atoms in total. The van der Waals surface area contributed by atoms with E-state index < -0.39 is 5.97 Å². The minimum absolute atomic E-state index is 0.00808. The largest absolute Gasteiger partial charge is 0.476 e. The minimum Gasteiger partial charge on any atom is -0.476 e. The highest BCUT2D eigenvalue weighted by atomic mass is 32.1. The van der Waals surface area contributed by atoms with Gasteiger partial charge in [-0.2, -0.15) is 0 Å². The van der Waals surface area contributed by atoms with Crippen LogP contribution in [0.5, 0.6) is 0 Å². The van der Waals surface area contributed by atoms with Gasteiger partial charge in [0.2, 0.25) is 0 Å². The van der Waals surface area contributed by atoms with Gasteiger partial charge in [-0.05, 0) is 6.92 Å². The number of hydrogen-bond acceptors (Lipinski definition) is 5. The molecule has 2 rings (SSSR count). The van der Waals surface area contributed by atoms with E-state index in [0.29, 0.717) is 12.2 Å². The molecule has 0 unspecified atom stereocenters. The fourth-order valence-corrected chi connectivity index (χ4v) is 2.48. The summed E-state index contributed by atoms with van der Waals surface area (Å²) < 4.78 is 1.56. The summed E-state index contributed by atoms with van der Waals surface area (Å²) in [6.45, 7) is 8.47. The number of carbonyl (C=O) groups is 1. The first-order chi connectivity index (χ1) is 8.79. The van der Waals surface area contributed by atoms with Crippen LogP contribution in [0.1, 0.15) is 47.7 Å². The Hall–Kier alpha value is -1.76. The number of nitrogens with zero attached hydrogens (tertiary/aromatic N) is 4. The van der Waals surface area contributed by atoms with Crippen LogP contribution in [0.2, 0.25) is 0 Å². The minimum atomic E-state index is -1.06. The second-order valence-corrected chi connectivity index (χ2v) is 6.24. The Morgan fingerprint density at radius 3 is 2.63 bits per heavy atom. The van der Waals surface area contributed by atoms with E-state index in [0.717, 1.165) is 10.7 Å². The molecule has 0 aliphatic heterocycles. The predicted octanol–water partition coefficient (Wildman–Crippen LogP) is 2.09. The molecular formula is C12H16N4O2S. The lowest BCUT2D eigenvalue weighted by Crippen LogP contribution is -2.11. The summed E-state index contributed by atoms with van der Waals surface area (Å²) in [5.41, 5.74) is 1.43. The third kappa shape index (κ3) is 2.81. The van der Waals surface area contributed by atoms with Gasteiger partial charge in [0.15, 0.2) is 5.69 Å². The molecule has 0 spiro atoms. The summed E-state index contributed by atoms with van der Waals surface area (Å²) in [5.74, 6) is -1.06. The number of carboxylic acids is 1. The van der Waals surface area contributed by atoms with Crippen molar-refractivity contribution in [3.63, 3.8) is 0 Å². The van der Waals surface area contributed by atoms with Gasteiger partial charge in [-0.1, -0.05) is 26.0 Å². The van der Waals surface area contributed by atoms with E-state index in [1.807, 2.05) is 5.38 Å². The van der Waals surface area contributed by atoms with Gasteiger partial charge in [0.05, 0.1) is 22.9 Å². The quantitative estimate of drug-likeness (QED) is 0.931. The molecule has 0 aliphatic carbocycles. The smallest absolute Gasteiger partial charge is 0.358 e. The van der Waals surface area contributed by atoms with Gasteiger partial charge in [-0.15, -0.1) is 16.4 Å². The molecule has 0 bridgehead atoms. The van der Waals surface area contributed by atoms with Crippen LogP contribution in [0.15, 0.2) is 5.38 Å². The molecule has 2 aromatic heterocycles. The van der Waals surface area contributed by atoms with Crippen molar-refractivity contribution in [3.05, 3.63) is 27.5 Å². The van der Waals surface area contributed by atoms with Crippen LogP contribution >= 0.6 is 11.3 Å². The molecule has 0 saturated heterocycles. The van der Waals surface area contributed by atoms with Crippen LogP contribution in [-0.2, 0) is 12.0 Å². The number of carboxylic acid groups (broad SMARTS) is 1. The second kappa shape index (κ2) is 4.73. The lowest BCUT2D eigenvalue weighted by Gasteiger charge is -2.13. The second-order valence-electron chi connectivity index (χ2n) is 5.38. The summed E-state index contributed by atoms with van der Waals surface area (Å²) in [4.78, 5) is 15.4. The van der Waals surface area contributed by atoms with E-state index >= 15 is 0 Å². The first kappa shape index (κ1) is 13.7. The fourth-order valence-electron chi connectivity index (χ4n) is 1.59. The van der Waals surface area contributed by atoms with Gasteiger partial charge in [0, 0.05) is 10.8 Å². The average molecular weight is 280 g/mol. The summed E-state index contributed by atoms with van der Waals surface area (Å²) in [6.07, 6.45) is 0. The zero-order valence-corrected chi connectivity index (χ0v) is 12.2. The molecule has 0 fully saturated rings. The maximum atomic E-state index is 10.9. The van der Waals surface area contributed by atoms with Gasteiger partial charge in [0.25, 0.3) is 0 Å². The molecule has 0 aliphatic rings. The van der Waals surface area contributed by atoms with Gasteiger partial charge in [-0.25, -0.2) is 14.5 Å². The molecule has 1 N–H and O–H groups in total. The monoisotopic (exact) mass is 280 g/mol. The van der Waals surface area contributed by atoms with Gasteiger partial charge in [-0.3, -0.25) is 0 Å². The number of aromatic nitrogens is 4. The van der Waals surface area contributed by atoms with E-state index in [1.165, 1.54) is 0 Å². The molecule has 0 amide bonds. The SMILES string of the molecule is Cc1c(C(=O)O)nnn1Cc1csc(C(C)(C)C)n1. The summed E-state index contributed by atoms with van der Waals surface area (Å²) in [7, 11) is 0. The van der Waals surface area contributed by atoms with E-state index in [-0.39, 0.29) is 11.1 Å². The fraction of sp³-hybridized carbons (Fsp3) is 0.500. The van der Waals surface area contributed by atoms with Crippen molar-refractivity contribution in [1.29, 1.82) is 0 Å². The number of thiazole rings is 1. The van der Waals surface area contributed by atoms with E-state index in [1.54, 1.807) is 22.9 Å². The van der Waals surface area contributed by atoms with Crippen molar-refractivity contribution >= 4 is 17.3 Å². The predicted molar refractivity (Wildman–Crippen MR) is 71.6 cm³/mol. The molecule has 0 saturated carbocycles. The Labute approximate surface area is 115 Å². The Bertz CT molecular complexity index is 610. The van der Waals surface area contributed by atoms with Crippen molar-refractivity contribution in [1.82, 2.24) is 20.0 Å². The Kier molecular flexibility index (Phi) is 3.40. The third-order valence-electron chi connectivity index (χ3n) is 2.69. The number of aromatic carboxylic acids is 1. The maximum absolute atomic E-state index is 10.9. The van der Waals surface area contributed by atoms with Crippen LogP contribution in [0, 0.1) is 6.92 Å². The molecule has 0 atom stereocenters. The molecule has 19 heavy (non-hydrogen) atoms. The Balaban J connectivity index is 2.22. The Morgan fingerprint density at radius 1 is 1.47 bits per heavy atom. The highest BCUT2D eigenvalue weighted by Crippen LogP contribution is 2.25. The van der Waals surface area contributed by atoms with Crippen molar-refractivity contribution in [2.75, 3.05) is 0 Å². The summed E-state index contributed by atoms with van der Waals surface area (Å²) in [6, 6.07) is 0. The normalized spacial score (nSPS) is 11.8. The molecule has 0 radical (unpaired) electrons. The third-order valence-corrected chi connectivity index (χ3v) is 4.01. The molecule has 2 heterocycles. The zero-order chi connectivity index (χ0) is 14.2. The van der Waals surface area contributed by atoms with Crippen molar-refractivity contribution in [2.24, 2.45) is 0 Å². The topological polar surface area (TPSA) is 80.9 Å². The van der Waals surface area contributed by atoms with Crippen LogP contribution in [-0.4, -0.2) is 31.1 Å². The molecule has 102 valence electrons. The van der Waals surface area contributed by atoms with E-state index in [2.05, 4.69) is 36.1 Å². The van der Waals surface area contributed by atoms with Crippen LogP contribution < -0.4 is 0 Å². The van der Waals surface area contributed by atoms with Crippen LogP contribution in [0.3, 0.4) is 0 Å². The first-order valence-corrected chi connectivity index (χ1v) is 6.75. The molecule has 0 aromatic carbocycles. The summed E-state index contributed by atoms with van der Waals surface area (Å²) in [5, 5.41) is 19.5. The lowest BCUT2D eigenvalue weighted by atomic mass is 9.98. The van der Waals surface area contributed by atoms with E-state index in [9.17, 15) is 4.79 Å². The maximum Gasteiger partial charge on any atom is 0.358 e. The van der Waals surface area contributed by atoms with Gasteiger partial charge in [0.1, 0.15) is 0 Å². The van der Waals surface area contributed by atoms with Crippen molar-refractivity contribution < 1.29 is 9.90 Å². The molecule has 7 heteroatoms.